The SMILES string of the molecule is CCOC(=O)CC(NC(=O)C1CCN(S(=O)(=O)c2c(C)noc2C)CC1)c1ccccc1. The maximum Gasteiger partial charge on any atom is 0.308 e. The molecule has 0 spiro atoms. The Balaban J connectivity index is 1.65. The number of piperidine rings is 1. The number of nitrogens with one attached hydrogen (secondary N) is 1. The van der Waals surface area contributed by atoms with Crippen LogP contribution in [0.5, 0.6) is 0 Å². The van der Waals surface area contributed by atoms with Crippen LogP contribution in [0, 0.1) is 19.8 Å². The molecule has 1 aromatic carbocycles. The minimum atomic E-state index is -3.73. The Morgan fingerprint density at radius 1 is 1.22 bits per heavy atom. The number of hydrogen-bond acceptors (Lipinski definition) is 7. The first-order valence-electron chi connectivity index (χ1n) is 10.7. The van der Waals surface area contributed by atoms with Crippen LogP contribution in [0.15, 0.2) is 39.8 Å². The lowest BCUT2D eigenvalue weighted by atomic mass is 9.95. The van der Waals surface area contributed by atoms with Gasteiger partial charge in [-0.1, -0.05) is 35.5 Å². The van der Waals surface area contributed by atoms with Crippen molar-refractivity contribution in [3.63, 3.8) is 0 Å². The van der Waals surface area contributed by atoms with Crippen LogP contribution in [0.25, 0.3) is 0 Å². The second-order valence-electron chi connectivity index (χ2n) is 7.81. The third kappa shape index (κ3) is 5.36. The highest BCUT2D eigenvalue weighted by atomic mass is 32.2. The molecule has 1 fully saturated rings. The molecule has 3 rings (SSSR count). The van der Waals surface area contributed by atoms with E-state index in [1.807, 2.05) is 30.3 Å². The van der Waals surface area contributed by atoms with Gasteiger partial charge >= 0.3 is 5.97 Å². The van der Waals surface area contributed by atoms with Crippen molar-refractivity contribution in [2.75, 3.05) is 19.7 Å². The van der Waals surface area contributed by atoms with Crippen molar-refractivity contribution in [2.24, 2.45) is 5.92 Å². The summed E-state index contributed by atoms with van der Waals surface area (Å²) in [4.78, 5) is 25.1. The van der Waals surface area contributed by atoms with E-state index in [0.29, 0.717) is 18.5 Å². The van der Waals surface area contributed by atoms with Gasteiger partial charge in [0, 0.05) is 19.0 Å². The summed E-state index contributed by atoms with van der Waals surface area (Å²) < 4.78 is 37.4. The summed E-state index contributed by atoms with van der Waals surface area (Å²) in [7, 11) is -3.73. The van der Waals surface area contributed by atoms with E-state index in [2.05, 4.69) is 10.5 Å². The molecule has 0 bridgehead atoms. The number of aromatic nitrogens is 1. The maximum absolute atomic E-state index is 13.0. The molecule has 1 unspecified atom stereocenters. The van der Waals surface area contributed by atoms with Crippen molar-refractivity contribution in [1.82, 2.24) is 14.8 Å². The average molecular weight is 464 g/mol. The Labute approximate surface area is 188 Å². The molecule has 1 amide bonds. The fourth-order valence-corrected chi connectivity index (χ4v) is 5.70. The highest BCUT2D eigenvalue weighted by molar-refractivity contribution is 7.89. The third-order valence-electron chi connectivity index (χ3n) is 5.59. The summed E-state index contributed by atoms with van der Waals surface area (Å²) in [6.45, 7) is 5.61. The molecule has 0 aliphatic carbocycles. The van der Waals surface area contributed by atoms with Gasteiger partial charge < -0.3 is 14.6 Å². The van der Waals surface area contributed by atoms with Crippen molar-refractivity contribution in [3.8, 4) is 0 Å². The van der Waals surface area contributed by atoms with Crippen LogP contribution < -0.4 is 5.32 Å². The number of rotatable bonds is 8. The predicted octanol–water partition coefficient (Wildman–Crippen LogP) is 2.50. The number of benzene rings is 1. The van der Waals surface area contributed by atoms with Gasteiger partial charge in [0.15, 0.2) is 5.76 Å². The standard InChI is InChI=1S/C22H29N3O6S/c1-4-30-20(26)14-19(17-8-6-5-7-9-17)23-22(27)18-10-12-25(13-11-18)32(28,29)21-15(2)24-31-16(21)3/h5-9,18-19H,4,10-14H2,1-3H3,(H,23,27). The lowest BCUT2D eigenvalue weighted by molar-refractivity contribution is -0.144. The monoisotopic (exact) mass is 463 g/mol. The second-order valence-corrected chi connectivity index (χ2v) is 9.69. The molecule has 0 radical (unpaired) electrons. The van der Waals surface area contributed by atoms with Gasteiger partial charge in [0.05, 0.1) is 19.1 Å². The first-order valence-corrected chi connectivity index (χ1v) is 12.1. The first-order chi connectivity index (χ1) is 15.2. The third-order valence-corrected chi connectivity index (χ3v) is 7.73. The molecule has 0 saturated carbocycles. The van der Waals surface area contributed by atoms with Crippen molar-refractivity contribution < 1.29 is 27.3 Å². The molecule has 1 aliphatic rings. The van der Waals surface area contributed by atoms with Crippen molar-refractivity contribution in [3.05, 3.63) is 47.3 Å². The number of ether oxygens (including phenoxy) is 1. The average Bonchev–Trinajstić information content (AvgIpc) is 3.12. The maximum atomic E-state index is 13.0. The molecule has 2 aromatic rings. The number of sulfonamides is 1. The minimum Gasteiger partial charge on any atom is -0.466 e. The van der Waals surface area contributed by atoms with E-state index < -0.39 is 16.1 Å². The van der Waals surface area contributed by atoms with Gasteiger partial charge in [0.2, 0.25) is 15.9 Å². The van der Waals surface area contributed by atoms with Gasteiger partial charge in [0.25, 0.3) is 0 Å². The molecule has 1 aromatic heterocycles. The highest BCUT2D eigenvalue weighted by Crippen LogP contribution is 2.28. The van der Waals surface area contributed by atoms with Crippen molar-refractivity contribution in [1.29, 1.82) is 0 Å². The van der Waals surface area contributed by atoms with Crippen LogP contribution in [0.3, 0.4) is 0 Å². The summed E-state index contributed by atoms with van der Waals surface area (Å²) in [6, 6.07) is 8.75. The quantitative estimate of drug-likeness (QED) is 0.598. The fourth-order valence-electron chi connectivity index (χ4n) is 3.94. The van der Waals surface area contributed by atoms with Crippen LogP contribution in [-0.2, 0) is 24.3 Å². The Morgan fingerprint density at radius 2 is 1.88 bits per heavy atom. The summed E-state index contributed by atoms with van der Waals surface area (Å²) >= 11 is 0. The lowest BCUT2D eigenvalue weighted by Crippen LogP contribution is -2.44. The lowest BCUT2D eigenvalue weighted by Gasteiger charge is -2.31. The fraction of sp³-hybridized carbons (Fsp3) is 0.500. The zero-order valence-corrected chi connectivity index (χ0v) is 19.4. The second kappa shape index (κ2) is 10.3. The molecule has 1 aliphatic heterocycles. The van der Waals surface area contributed by atoms with Gasteiger partial charge in [-0.3, -0.25) is 9.59 Å². The Kier molecular flexibility index (Phi) is 7.68. The van der Waals surface area contributed by atoms with Crippen LogP contribution >= 0.6 is 0 Å². The number of carbonyl (C=O) groups is 2. The summed E-state index contributed by atoms with van der Waals surface area (Å²) in [6.07, 6.45) is 0.799. The first kappa shape index (κ1) is 23.9. The smallest absolute Gasteiger partial charge is 0.308 e. The summed E-state index contributed by atoms with van der Waals surface area (Å²) in [5.74, 6) is -0.675. The molecule has 10 heteroatoms. The number of hydrogen-bond donors (Lipinski definition) is 1. The minimum absolute atomic E-state index is 0.0306. The molecule has 174 valence electrons. The summed E-state index contributed by atoms with van der Waals surface area (Å²) in [5.41, 5.74) is 1.14. The largest absolute Gasteiger partial charge is 0.466 e. The van der Waals surface area contributed by atoms with Crippen LogP contribution in [0.4, 0.5) is 0 Å². The van der Waals surface area contributed by atoms with E-state index in [-0.39, 0.29) is 54.6 Å². The summed E-state index contributed by atoms with van der Waals surface area (Å²) in [5, 5.41) is 6.69. The molecular weight excluding hydrogens is 434 g/mol. The number of nitrogens with zero attached hydrogens (tertiary/aromatic N) is 2. The van der Waals surface area contributed by atoms with E-state index in [1.165, 1.54) is 4.31 Å². The zero-order valence-electron chi connectivity index (χ0n) is 18.5. The normalized spacial score (nSPS) is 16.5. The van der Waals surface area contributed by atoms with E-state index in [9.17, 15) is 18.0 Å². The van der Waals surface area contributed by atoms with Crippen molar-refractivity contribution in [2.45, 2.75) is 51.0 Å². The van der Waals surface area contributed by atoms with Crippen LogP contribution in [0.1, 0.15) is 49.2 Å². The topological polar surface area (TPSA) is 119 Å². The number of aryl methyl sites for hydroxylation is 2. The molecule has 9 nitrogen and oxygen atoms in total. The van der Waals surface area contributed by atoms with Crippen LogP contribution in [-0.4, -0.2) is 49.5 Å². The van der Waals surface area contributed by atoms with E-state index in [1.54, 1.807) is 20.8 Å². The zero-order chi connectivity index (χ0) is 23.3. The molecule has 1 atom stereocenters. The predicted molar refractivity (Wildman–Crippen MR) is 116 cm³/mol. The Bertz CT molecular complexity index is 1020. The van der Waals surface area contributed by atoms with Gasteiger partial charge in [-0.2, -0.15) is 4.31 Å². The Hall–Kier alpha value is -2.72. The molecular formula is C22H29N3O6S. The van der Waals surface area contributed by atoms with Gasteiger partial charge in [-0.15, -0.1) is 0 Å². The van der Waals surface area contributed by atoms with E-state index in [4.69, 9.17) is 9.26 Å². The molecule has 32 heavy (non-hydrogen) atoms. The van der Waals surface area contributed by atoms with Crippen LogP contribution in [0.2, 0.25) is 0 Å². The van der Waals surface area contributed by atoms with E-state index in [0.717, 1.165) is 5.56 Å². The number of carbonyl (C=O) groups excluding carboxylic acids is 2. The van der Waals surface area contributed by atoms with Gasteiger partial charge in [0.1, 0.15) is 10.6 Å². The van der Waals surface area contributed by atoms with Gasteiger partial charge in [-0.25, -0.2) is 8.42 Å². The highest BCUT2D eigenvalue weighted by Gasteiger charge is 2.36. The molecule has 1 saturated heterocycles. The Morgan fingerprint density at radius 3 is 2.44 bits per heavy atom. The molecule has 2 heterocycles. The molecule has 1 N–H and O–H groups in total. The number of esters is 1. The van der Waals surface area contributed by atoms with Crippen molar-refractivity contribution >= 4 is 21.9 Å². The van der Waals surface area contributed by atoms with Gasteiger partial charge in [-0.05, 0) is 39.2 Å². The van der Waals surface area contributed by atoms with E-state index >= 15 is 0 Å². The number of amides is 1.